The maximum Gasteiger partial charge on any atom is 0.339 e. The SMILES string of the molecule is CCc1cccc2cc(Oc3ccc(-c4c[nH]cc4F)cc3C(=O)O)ccc12. The molecule has 0 saturated carbocycles. The summed E-state index contributed by atoms with van der Waals surface area (Å²) in [5.74, 6) is -0.824. The van der Waals surface area contributed by atoms with Crippen LogP contribution in [-0.4, -0.2) is 16.1 Å². The average Bonchev–Trinajstić information content (AvgIpc) is 3.13. The highest BCUT2D eigenvalue weighted by atomic mass is 19.1. The van der Waals surface area contributed by atoms with E-state index in [4.69, 9.17) is 4.74 Å². The Hall–Kier alpha value is -3.60. The number of carboxylic acid groups (broad SMARTS) is 1. The number of hydrogen-bond donors (Lipinski definition) is 2. The Morgan fingerprint density at radius 3 is 2.68 bits per heavy atom. The number of halogens is 1. The second-order valence-corrected chi connectivity index (χ2v) is 6.49. The van der Waals surface area contributed by atoms with Crippen LogP contribution in [0.4, 0.5) is 4.39 Å². The number of aromatic amines is 1. The Bertz CT molecular complexity index is 1180. The fraction of sp³-hybridized carbons (Fsp3) is 0.0870. The number of nitrogens with one attached hydrogen (secondary N) is 1. The minimum atomic E-state index is -1.14. The van der Waals surface area contributed by atoms with Crippen LogP contribution in [0.1, 0.15) is 22.8 Å². The second-order valence-electron chi connectivity index (χ2n) is 6.49. The van der Waals surface area contributed by atoms with Gasteiger partial charge in [-0.2, -0.15) is 0 Å². The van der Waals surface area contributed by atoms with Crippen molar-refractivity contribution < 1.29 is 19.0 Å². The quantitative estimate of drug-likeness (QED) is 0.448. The summed E-state index contributed by atoms with van der Waals surface area (Å²) in [6.07, 6.45) is 3.64. The van der Waals surface area contributed by atoms with Gasteiger partial charge in [-0.1, -0.05) is 37.3 Å². The second kappa shape index (κ2) is 7.19. The Morgan fingerprint density at radius 1 is 1.11 bits per heavy atom. The van der Waals surface area contributed by atoms with Gasteiger partial charge in [-0.15, -0.1) is 0 Å². The van der Waals surface area contributed by atoms with Gasteiger partial charge < -0.3 is 14.8 Å². The van der Waals surface area contributed by atoms with Crippen LogP contribution in [0.2, 0.25) is 0 Å². The van der Waals surface area contributed by atoms with Gasteiger partial charge in [0.25, 0.3) is 0 Å². The van der Waals surface area contributed by atoms with Gasteiger partial charge in [0.2, 0.25) is 0 Å². The maximum absolute atomic E-state index is 13.8. The van der Waals surface area contributed by atoms with Crippen LogP contribution < -0.4 is 4.74 Å². The summed E-state index contributed by atoms with van der Waals surface area (Å²) in [5, 5.41) is 11.8. The van der Waals surface area contributed by atoms with E-state index >= 15 is 0 Å². The molecule has 0 aliphatic rings. The van der Waals surface area contributed by atoms with E-state index in [0.717, 1.165) is 17.2 Å². The minimum absolute atomic E-state index is 0.0273. The molecule has 0 atom stereocenters. The molecular formula is C23H18FNO3. The molecule has 0 fully saturated rings. The molecule has 0 amide bonds. The normalized spacial score (nSPS) is 10.9. The molecule has 1 heterocycles. The molecule has 1 aromatic heterocycles. The van der Waals surface area contributed by atoms with Gasteiger partial charge in [-0.3, -0.25) is 0 Å². The lowest BCUT2D eigenvalue weighted by atomic mass is 10.0. The van der Waals surface area contributed by atoms with E-state index in [0.29, 0.717) is 16.9 Å². The van der Waals surface area contributed by atoms with Crippen molar-refractivity contribution in [3.63, 3.8) is 0 Å². The molecule has 4 nitrogen and oxygen atoms in total. The van der Waals surface area contributed by atoms with Crippen LogP contribution in [-0.2, 0) is 6.42 Å². The van der Waals surface area contributed by atoms with E-state index in [1.165, 1.54) is 24.0 Å². The number of rotatable bonds is 5. The number of carbonyl (C=O) groups is 1. The summed E-state index contributed by atoms with van der Waals surface area (Å²) in [5.41, 5.74) is 2.00. The lowest BCUT2D eigenvalue weighted by Gasteiger charge is -2.12. The number of hydrogen-bond acceptors (Lipinski definition) is 2. The van der Waals surface area contributed by atoms with E-state index in [1.807, 2.05) is 30.3 Å². The highest BCUT2D eigenvalue weighted by Gasteiger charge is 2.16. The molecule has 0 spiro atoms. The van der Waals surface area contributed by atoms with E-state index < -0.39 is 11.8 Å². The first-order valence-corrected chi connectivity index (χ1v) is 8.96. The van der Waals surface area contributed by atoms with E-state index in [1.54, 1.807) is 12.1 Å². The van der Waals surface area contributed by atoms with Gasteiger partial charge in [-0.05, 0) is 52.6 Å². The van der Waals surface area contributed by atoms with E-state index in [-0.39, 0.29) is 11.3 Å². The number of H-pyrrole nitrogens is 1. The highest BCUT2D eigenvalue weighted by Crippen LogP contribution is 2.33. The van der Waals surface area contributed by atoms with Crippen molar-refractivity contribution in [1.29, 1.82) is 0 Å². The number of carboxylic acids is 1. The smallest absolute Gasteiger partial charge is 0.339 e. The minimum Gasteiger partial charge on any atom is -0.478 e. The molecule has 0 saturated heterocycles. The number of ether oxygens (including phenoxy) is 1. The van der Waals surface area contributed by atoms with Gasteiger partial charge >= 0.3 is 5.97 Å². The molecule has 0 aliphatic heterocycles. The fourth-order valence-corrected chi connectivity index (χ4v) is 3.35. The Morgan fingerprint density at radius 2 is 1.96 bits per heavy atom. The van der Waals surface area contributed by atoms with Gasteiger partial charge in [-0.25, -0.2) is 9.18 Å². The van der Waals surface area contributed by atoms with Crippen LogP contribution in [0.15, 0.2) is 67.0 Å². The topological polar surface area (TPSA) is 62.3 Å². The molecule has 0 radical (unpaired) electrons. The molecule has 4 aromatic rings. The van der Waals surface area contributed by atoms with Crippen molar-refractivity contribution >= 4 is 16.7 Å². The molecule has 28 heavy (non-hydrogen) atoms. The Labute approximate surface area is 161 Å². The summed E-state index contributed by atoms with van der Waals surface area (Å²) in [6.45, 7) is 2.10. The number of aromatic carboxylic acids is 1. The first-order chi connectivity index (χ1) is 13.6. The summed E-state index contributed by atoms with van der Waals surface area (Å²) in [6, 6.07) is 16.4. The number of aryl methyl sites for hydroxylation is 1. The zero-order valence-electron chi connectivity index (χ0n) is 15.2. The zero-order chi connectivity index (χ0) is 19.7. The van der Waals surface area contributed by atoms with Crippen molar-refractivity contribution in [2.24, 2.45) is 0 Å². The molecule has 140 valence electrons. The predicted molar refractivity (Wildman–Crippen MR) is 107 cm³/mol. The number of benzene rings is 3. The monoisotopic (exact) mass is 375 g/mol. The van der Waals surface area contributed by atoms with Crippen molar-refractivity contribution in [2.75, 3.05) is 0 Å². The summed E-state index contributed by atoms with van der Waals surface area (Å²) >= 11 is 0. The largest absolute Gasteiger partial charge is 0.478 e. The summed E-state index contributed by atoms with van der Waals surface area (Å²) in [4.78, 5) is 14.4. The first-order valence-electron chi connectivity index (χ1n) is 8.96. The molecule has 0 aliphatic carbocycles. The van der Waals surface area contributed by atoms with Crippen LogP contribution >= 0.6 is 0 Å². The molecule has 3 aromatic carbocycles. The van der Waals surface area contributed by atoms with Crippen molar-refractivity contribution in [1.82, 2.24) is 4.98 Å². The third-order valence-corrected chi connectivity index (χ3v) is 4.77. The third-order valence-electron chi connectivity index (χ3n) is 4.77. The van der Waals surface area contributed by atoms with E-state index in [2.05, 4.69) is 18.0 Å². The van der Waals surface area contributed by atoms with Crippen LogP contribution in [0.3, 0.4) is 0 Å². The molecule has 5 heteroatoms. The highest BCUT2D eigenvalue weighted by molar-refractivity contribution is 5.93. The Balaban J connectivity index is 1.72. The molecule has 0 unspecified atom stereocenters. The average molecular weight is 375 g/mol. The Kier molecular flexibility index (Phi) is 4.57. The van der Waals surface area contributed by atoms with Crippen molar-refractivity contribution in [2.45, 2.75) is 13.3 Å². The van der Waals surface area contributed by atoms with Crippen LogP contribution in [0, 0.1) is 5.82 Å². The molecule has 0 bridgehead atoms. The van der Waals surface area contributed by atoms with Gasteiger partial charge in [0.05, 0.1) is 0 Å². The lowest BCUT2D eigenvalue weighted by Crippen LogP contribution is -2.01. The van der Waals surface area contributed by atoms with Crippen molar-refractivity contribution in [3.8, 4) is 22.6 Å². The maximum atomic E-state index is 13.8. The molecule has 2 N–H and O–H groups in total. The van der Waals surface area contributed by atoms with Crippen LogP contribution in [0.25, 0.3) is 21.9 Å². The summed E-state index contributed by atoms with van der Waals surface area (Å²) in [7, 11) is 0. The first kappa shape index (κ1) is 17.8. The number of aromatic nitrogens is 1. The fourth-order valence-electron chi connectivity index (χ4n) is 3.35. The number of fused-ring (bicyclic) bond motifs is 1. The molecule has 4 rings (SSSR count). The lowest BCUT2D eigenvalue weighted by molar-refractivity contribution is 0.0694. The van der Waals surface area contributed by atoms with Gasteiger partial charge in [0.1, 0.15) is 22.9 Å². The predicted octanol–water partition coefficient (Wildman–Crippen LogP) is 6.03. The summed E-state index contributed by atoms with van der Waals surface area (Å²) < 4.78 is 19.7. The third kappa shape index (κ3) is 3.22. The zero-order valence-corrected chi connectivity index (χ0v) is 15.2. The van der Waals surface area contributed by atoms with E-state index in [9.17, 15) is 14.3 Å². The van der Waals surface area contributed by atoms with Crippen LogP contribution in [0.5, 0.6) is 11.5 Å². The van der Waals surface area contributed by atoms with Gasteiger partial charge in [0, 0.05) is 18.0 Å². The standard InChI is InChI=1S/C23H18FNO3/c1-2-14-4-3-5-15-10-17(7-8-18(14)15)28-22-9-6-16(11-19(22)23(26)27)20-12-25-13-21(20)24/h3-13,25H,2H2,1H3,(H,26,27). The molecular weight excluding hydrogens is 357 g/mol. The van der Waals surface area contributed by atoms with Crippen molar-refractivity contribution in [3.05, 3.63) is 83.9 Å². The van der Waals surface area contributed by atoms with Gasteiger partial charge in [0.15, 0.2) is 0 Å².